The molecule has 226 valence electrons. The lowest BCUT2D eigenvalue weighted by Gasteiger charge is -2.44. The van der Waals surface area contributed by atoms with Crippen LogP contribution >= 0.6 is 11.3 Å². The first-order chi connectivity index (χ1) is 22.6. The van der Waals surface area contributed by atoms with Crippen LogP contribution in [0.3, 0.4) is 0 Å². The lowest BCUT2D eigenvalue weighted by Crippen LogP contribution is -2.74. The van der Waals surface area contributed by atoms with Crippen molar-refractivity contribution in [1.29, 1.82) is 0 Å². The van der Waals surface area contributed by atoms with E-state index in [1.807, 2.05) is 11.3 Å². The molecule has 0 fully saturated rings. The first kappa shape index (κ1) is 30.8. The van der Waals surface area contributed by atoms with Crippen LogP contribution in [0.25, 0.3) is 22.4 Å². The molecule has 0 saturated carbocycles. The highest BCUT2D eigenvalue weighted by Gasteiger charge is 2.31. The summed E-state index contributed by atoms with van der Waals surface area (Å²) < 4.78 is 3.56. The Morgan fingerprint density at radius 1 is 0.500 bits per heavy atom. The summed E-state index contributed by atoms with van der Waals surface area (Å²) in [5.41, 5.74) is 9.08. The summed E-state index contributed by atoms with van der Waals surface area (Å²) in [6.45, 7) is 0. The molecule has 4 heteroatoms. The van der Waals surface area contributed by atoms with Gasteiger partial charge >= 0.3 is 0 Å². The molecule has 7 rings (SSSR count). The van der Waals surface area contributed by atoms with Crippen molar-refractivity contribution < 1.29 is 4.57 Å². The summed E-state index contributed by atoms with van der Waals surface area (Å²) >= 11 is 1.82. The number of hydrogen-bond acceptors (Lipinski definition) is 2. The standard InChI is InChI=1S/C24H20B.C18H19N2S/c1-5-13-21(14-6-1)25(22-15-7-2-8-16-22,23-17-9-3-10-18-23)24-19-11-4-12-20-24;1-19(2)15-11-8-14(9-12-15)10-13-18-20(3)16-6-4-5-7-17(16)21-18/h1-20H;4-13H,1-3H3/q-1;+1. The fraction of sp³-hybridized carbons (Fsp3) is 0.0714. The molecule has 0 N–H and O–H groups in total. The normalized spacial score (nSPS) is 11.3. The minimum absolute atomic E-state index is 1.22. The van der Waals surface area contributed by atoms with Gasteiger partial charge in [-0.3, -0.25) is 0 Å². The van der Waals surface area contributed by atoms with Gasteiger partial charge in [-0.25, -0.2) is 0 Å². The van der Waals surface area contributed by atoms with Crippen molar-refractivity contribution in [2.45, 2.75) is 0 Å². The number of para-hydroxylation sites is 1. The van der Waals surface area contributed by atoms with Crippen molar-refractivity contribution in [3.05, 3.63) is 180 Å². The molecule has 2 nitrogen and oxygen atoms in total. The van der Waals surface area contributed by atoms with Gasteiger partial charge in [0.25, 0.3) is 5.01 Å². The van der Waals surface area contributed by atoms with Gasteiger partial charge in [0.15, 0.2) is 0 Å². The van der Waals surface area contributed by atoms with Gasteiger partial charge in [0.05, 0.1) is 0 Å². The van der Waals surface area contributed by atoms with Crippen molar-refractivity contribution in [3.63, 3.8) is 0 Å². The number of thiazole rings is 1. The first-order valence-electron chi connectivity index (χ1n) is 15.8. The summed E-state index contributed by atoms with van der Waals surface area (Å²) in [5.74, 6) is 0. The van der Waals surface area contributed by atoms with Gasteiger partial charge in [-0.2, -0.15) is 26.4 Å². The fourth-order valence-corrected chi connectivity index (χ4v) is 7.49. The highest BCUT2D eigenvalue weighted by Crippen LogP contribution is 2.22. The van der Waals surface area contributed by atoms with E-state index in [-0.39, 0.29) is 0 Å². The SMILES string of the molecule is CN(C)c1ccc(/C=C/c2sc3ccccc3[n+]2C)cc1.c1ccc([B-](c2ccccc2)(c2ccccc2)c2ccccc2)cc1. The predicted molar refractivity (Wildman–Crippen MR) is 203 cm³/mol. The summed E-state index contributed by atoms with van der Waals surface area (Å²) in [6.07, 6.45) is 3.15. The van der Waals surface area contributed by atoms with Crippen LogP contribution in [0.15, 0.2) is 170 Å². The second-order valence-corrected chi connectivity index (χ2v) is 12.9. The molecule has 1 heterocycles. The molecule has 1 aromatic heterocycles. The summed E-state index contributed by atoms with van der Waals surface area (Å²) in [7, 11) is 6.23. The van der Waals surface area contributed by atoms with Crippen LogP contribution in [0.1, 0.15) is 10.6 Å². The zero-order valence-electron chi connectivity index (χ0n) is 26.7. The van der Waals surface area contributed by atoms with Gasteiger partial charge in [-0.05, 0) is 29.8 Å². The van der Waals surface area contributed by atoms with Crippen LogP contribution in [0.4, 0.5) is 5.69 Å². The molecule has 0 radical (unpaired) electrons. The Balaban J connectivity index is 0.000000164. The molecule has 0 aliphatic carbocycles. The zero-order chi connectivity index (χ0) is 31.8. The van der Waals surface area contributed by atoms with Gasteiger partial charge in [0, 0.05) is 31.9 Å². The summed E-state index contributed by atoms with van der Waals surface area (Å²) in [6, 6.07) is 60.6. The third-order valence-electron chi connectivity index (χ3n) is 8.80. The third-order valence-corrected chi connectivity index (χ3v) is 9.98. The van der Waals surface area contributed by atoms with Crippen molar-refractivity contribution in [3.8, 4) is 0 Å². The second kappa shape index (κ2) is 14.3. The van der Waals surface area contributed by atoms with Gasteiger partial charge in [-0.1, -0.05) is 157 Å². The molecular formula is C42H39BN2S. The molecule has 0 aliphatic rings. The topological polar surface area (TPSA) is 7.12 Å². The number of benzene rings is 6. The number of hydrogen-bond donors (Lipinski definition) is 0. The maximum atomic E-state index is 2.26. The van der Waals surface area contributed by atoms with Crippen LogP contribution in [0.5, 0.6) is 0 Å². The molecule has 0 unspecified atom stereocenters. The van der Waals surface area contributed by atoms with E-state index in [0.29, 0.717) is 0 Å². The zero-order valence-corrected chi connectivity index (χ0v) is 27.5. The molecule has 0 aliphatic heterocycles. The van der Waals surface area contributed by atoms with Gasteiger partial charge in [-0.15, -0.1) is 0 Å². The highest BCUT2D eigenvalue weighted by atomic mass is 32.1. The molecule has 0 bridgehead atoms. The highest BCUT2D eigenvalue weighted by molar-refractivity contribution is 7.20. The minimum atomic E-state index is -1.22. The van der Waals surface area contributed by atoms with Crippen molar-refractivity contribution in [2.75, 3.05) is 19.0 Å². The van der Waals surface area contributed by atoms with E-state index in [0.717, 1.165) is 0 Å². The average Bonchev–Trinajstić information content (AvgIpc) is 3.45. The molecular weight excluding hydrogens is 575 g/mol. The maximum Gasteiger partial charge on any atom is 0.262 e. The lowest BCUT2D eigenvalue weighted by atomic mass is 9.13. The molecule has 0 amide bonds. The monoisotopic (exact) mass is 614 g/mol. The predicted octanol–water partition coefficient (Wildman–Crippen LogP) is 7.03. The lowest BCUT2D eigenvalue weighted by molar-refractivity contribution is -0.642. The van der Waals surface area contributed by atoms with E-state index in [1.54, 1.807) is 0 Å². The Hall–Kier alpha value is -5.19. The molecule has 7 aromatic rings. The van der Waals surface area contributed by atoms with Crippen LogP contribution in [-0.2, 0) is 7.05 Å². The first-order valence-corrected chi connectivity index (χ1v) is 16.6. The molecule has 0 atom stereocenters. The fourth-order valence-electron chi connectivity index (χ4n) is 6.44. The quantitative estimate of drug-likeness (QED) is 0.138. The molecule has 46 heavy (non-hydrogen) atoms. The minimum Gasteiger partial charge on any atom is -0.378 e. The van der Waals surface area contributed by atoms with E-state index >= 15 is 0 Å². The van der Waals surface area contributed by atoms with Gasteiger partial charge in [0.1, 0.15) is 17.9 Å². The Morgan fingerprint density at radius 2 is 0.913 bits per heavy atom. The number of nitrogens with zero attached hydrogens (tertiary/aromatic N) is 2. The van der Waals surface area contributed by atoms with E-state index in [4.69, 9.17) is 0 Å². The van der Waals surface area contributed by atoms with Gasteiger partial charge < -0.3 is 4.90 Å². The van der Waals surface area contributed by atoms with Gasteiger partial charge in [0.2, 0.25) is 5.52 Å². The number of aromatic nitrogens is 1. The van der Waals surface area contributed by atoms with Crippen molar-refractivity contribution >= 4 is 67.4 Å². The Bertz CT molecular complexity index is 1840. The van der Waals surface area contributed by atoms with Crippen molar-refractivity contribution in [2.24, 2.45) is 7.05 Å². The van der Waals surface area contributed by atoms with E-state index < -0.39 is 6.15 Å². The number of fused-ring (bicyclic) bond motifs is 1. The molecule has 0 spiro atoms. The number of aryl methyl sites for hydroxylation is 1. The third kappa shape index (κ3) is 6.44. The molecule has 6 aromatic carbocycles. The summed E-state index contributed by atoms with van der Waals surface area (Å²) in [4.78, 5) is 2.11. The average molecular weight is 615 g/mol. The Kier molecular flexibility index (Phi) is 9.57. The maximum absolute atomic E-state index is 2.26. The van der Waals surface area contributed by atoms with Crippen LogP contribution < -0.4 is 31.3 Å². The van der Waals surface area contributed by atoms with E-state index in [9.17, 15) is 0 Å². The number of rotatable bonds is 7. The van der Waals surface area contributed by atoms with Crippen LogP contribution in [-0.4, -0.2) is 20.2 Å². The smallest absolute Gasteiger partial charge is 0.262 e. The van der Waals surface area contributed by atoms with Crippen molar-refractivity contribution in [1.82, 2.24) is 0 Å². The molecule has 0 saturated heterocycles. The second-order valence-electron chi connectivity index (χ2n) is 11.8. The van der Waals surface area contributed by atoms with Crippen LogP contribution in [0.2, 0.25) is 0 Å². The van der Waals surface area contributed by atoms with E-state index in [2.05, 4.69) is 213 Å². The summed E-state index contributed by atoms with van der Waals surface area (Å²) in [5, 5.41) is 1.26. The number of anilines is 1. The Labute approximate surface area is 277 Å². The Morgan fingerprint density at radius 3 is 1.33 bits per heavy atom. The largest absolute Gasteiger partial charge is 0.378 e. The van der Waals surface area contributed by atoms with E-state index in [1.165, 1.54) is 48.3 Å². The van der Waals surface area contributed by atoms with Crippen LogP contribution in [0, 0.1) is 0 Å².